The van der Waals surface area contributed by atoms with Crippen molar-refractivity contribution < 1.29 is 18.0 Å². The van der Waals surface area contributed by atoms with Gasteiger partial charge in [-0.15, -0.1) is 0 Å². The van der Waals surface area contributed by atoms with Crippen LogP contribution >= 0.6 is 0 Å². The van der Waals surface area contributed by atoms with Gasteiger partial charge in [0.25, 0.3) is 0 Å². The maximum absolute atomic E-state index is 12.6. The minimum atomic E-state index is -4.16. The average Bonchev–Trinajstić information content (AvgIpc) is 3.00. The molecule has 1 saturated heterocycles. The zero-order chi connectivity index (χ0) is 20.7. The van der Waals surface area contributed by atoms with Crippen molar-refractivity contribution in [3.8, 4) is 0 Å². The van der Waals surface area contributed by atoms with Gasteiger partial charge in [0.05, 0.1) is 6.54 Å². The highest BCUT2D eigenvalue weighted by molar-refractivity contribution is 5.82. The number of alkyl halides is 3. The number of amides is 1. The van der Waals surface area contributed by atoms with Gasteiger partial charge >= 0.3 is 6.18 Å². The first-order valence-electron chi connectivity index (χ1n) is 9.49. The molecule has 1 fully saturated rings. The van der Waals surface area contributed by atoms with Gasteiger partial charge in [0.1, 0.15) is 0 Å². The lowest BCUT2D eigenvalue weighted by Gasteiger charge is -2.26. The monoisotopic (exact) mass is 393 g/mol. The number of guanidine groups is 1. The van der Waals surface area contributed by atoms with Crippen LogP contribution in [0.2, 0.25) is 0 Å². The van der Waals surface area contributed by atoms with E-state index in [4.69, 9.17) is 0 Å². The second-order valence-electron chi connectivity index (χ2n) is 8.02. The Bertz CT molecular complexity index is 502. The van der Waals surface area contributed by atoms with Gasteiger partial charge in [-0.3, -0.25) is 14.7 Å². The van der Waals surface area contributed by atoms with Gasteiger partial charge in [-0.1, -0.05) is 27.7 Å². The molecule has 0 bridgehead atoms. The van der Waals surface area contributed by atoms with Crippen molar-refractivity contribution in [3.05, 3.63) is 0 Å². The number of halogens is 3. The van der Waals surface area contributed by atoms with E-state index in [0.29, 0.717) is 32.7 Å². The second-order valence-corrected chi connectivity index (χ2v) is 8.02. The molecule has 0 aromatic heterocycles. The van der Waals surface area contributed by atoms with Crippen LogP contribution < -0.4 is 10.6 Å². The van der Waals surface area contributed by atoms with E-state index in [9.17, 15) is 18.0 Å². The van der Waals surface area contributed by atoms with Crippen molar-refractivity contribution in [2.45, 2.75) is 40.3 Å². The predicted molar refractivity (Wildman–Crippen MR) is 102 cm³/mol. The Hall–Kier alpha value is -1.51. The Kier molecular flexibility index (Phi) is 8.84. The first-order valence-corrected chi connectivity index (χ1v) is 9.49. The highest BCUT2D eigenvalue weighted by atomic mass is 19.4. The molecule has 9 heteroatoms. The molecule has 1 amide bonds. The Morgan fingerprint density at radius 2 is 1.85 bits per heavy atom. The van der Waals surface area contributed by atoms with Crippen molar-refractivity contribution in [1.29, 1.82) is 0 Å². The molecule has 0 saturated carbocycles. The fourth-order valence-corrected chi connectivity index (χ4v) is 3.05. The minimum Gasteiger partial charge on any atom is -0.354 e. The van der Waals surface area contributed by atoms with Crippen molar-refractivity contribution in [1.82, 2.24) is 20.4 Å². The molecule has 158 valence electrons. The first kappa shape index (κ1) is 23.5. The van der Waals surface area contributed by atoms with Gasteiger partial charge in [0, 0.05) is 45.2 Å². The third kappa shape index (κ3) is 8.81. The third-order valence-corrected chi connectivity index (χ3v) is 4.54. The quantitative estimate of drug-likeness (QED) is 0.394. The van der Waals surface area contributed by atoms with Gasteiger partial charge in [0.15, 0.2) is 5.96 Å². The molecule has 1 heterocycles. The number of rotatable bonds is 7. The maximum atomic E-state index is 12.6. The molecule has 1 atom stereocenters. The molecule has 27 heavy (non-hydrogen) atoms. The lowest BCUT2D eigenvalue weighted by Crippen LogP contribution is -2.45. The van der Waals surface area contributed by atoms with Crippen molar-refractivity contribution in [2.24, 2.45) is 16.3 Å². The lowest BCUT2D eigenvalue weighted by atomic mass is 9.96. The molecule has 6 nitrogen and oxygen atoms in total. The smallest absolute Gasteiger partial charge is 0.354 e. The van der Waals surface area contributed by atoms with Crippen LogP contribution in [0.4, 0.5) is 13.2 Å². The largest absolute Gasteiger partial charge is 0.401 e. The molecular weight excluding hydrogens is 359 g/mol. The highest BCUT2D eigenvalue weighted by Gasteiger charge is 2.33. The summed E-state index contributed by atoms with van der Waals surface area (Å²) in [6, 6.07) is 0. The van der Waals surface area contributed by atoms with Crippen LogP contribution in [-0.4, -0.2) is 80.7 Å². The van der Waals surface area contributed by atoms with E-state index < -0.39 is 18.1 Å². The second kappa shape index (κ2) is 10.1. The van der Waals surface area contributed by atoms with Gasteiger partial charge in [0.2, 0.25) is 5.91 Å². The third-order valence-electron chi connectivity index (χ3n) is 4.54. The van der Waals surface area contributed by atoms with Gasteiger partial charge in [-0.2, -0.15) is 13.2 Å². The summed E-state index contributed by atoms with van der Waals surface area (Å²) >= 11 is 0. The van der Waals surface area contributed by atoms with E-state index in [0.717, 1.165) is 18.9 Å². The van der Waals surface area contributed by atoms with Gasteiger partial charge < -0.3 is 15.5 Å². The molecule has 0 radical (unpaired) electrons. The number of nitrogens with zero attached hydrogens (tertiary/aromatic N) is 3. The lowest BCUT2D eigenvalue weighted by molar-refractivity contribution is -0.146. The van der Waals surface area contributed by atoms with Crippen LogP contribution in [-0.2, 0) is 4.79 Å². The summed E-state index contributed by atoms with van der Waals surface area (Å²) in [5.74, 6) is 0.901. The standard InChI is InChI=1S/C18H34F3N5O/c1-6-25(13-18(19,20)21)11-14-7-10-26(12-14)16(22-5)24-9-8-23-15(27)17(2,3)4/h14H,6-13H2,1-5H3,(H,22,24)(H,23,27). The molecule has 0 aromatic carbocycles. The molecule has 1 aliphatic heterocycles. The van der Waals surface area contributed by atoms with E-state index in [-0.39, 0.29) is 11.8 Å². The topological polar surface area (TPSA) is 60.0 Å². The van der Waals surface area contributed by atoms with Crippen LogP contribution in [0.1, 0.15) is 34.1 Å². The number of likely N-dealkylation sites (tertiary alicyclic amines) is 1. The first-order chi connectivity index (χ1) is 12.5. The Balaban J connectivity index is 2.40. The zero-order valence-corrected chi connectivity index (χ0v) is 17.1. The highest BCUT2D eigenvalue weighted by Crippen LogP contribution is 2.21. The van der Waals surface area contributed by atoms with Crippen molar-refractivity contribution >= 4 is 11.9 Å². The molecule has 0 spiro atoms. The van der Waals surface area contributed by atoms with Crippen LogP contribution in [0.5, 0.6) is 0 Å². The van der Waals surface area contributed by atoms with Gasteiger partial charge in [-0.25, -0.2) is 0 Å². The van der Waals surface area contributed by atoms with E-state index in [1.54, 1.807) is 14.0 Å². The van der Waals surface area contributed by atoms with Gasteiger partial charge in [-0.05, 0) is 18.9 Å². The summed E-state index contributed by atoms with van der Waals surface area (Å²) in [7, 11) is 1.69. The van der Waals surface area contributed by atoms with E-state index >= 15 is 0 Å². The SMILES string of the molecule is CCN(CC1CCN(C(=NC)NCCNC(=O)C(C)(C)C)C1)CC(F)(F)F. The fourth-order valence-electron chi connectivity index (χ4n) is 3.05. The number of carbonyl (C=O) groups is 1. The fraction of sp³-hybridized carbons (Fsp3) is 0.889. The molecule has 2 N–H and O–H groups in total. The molecular formula is C18H34F3N5O. The summed E-state index contributed by atoms with van der Waals surface area (Å²) in [5, 5.41) is 6.08. The number of carbonyl (C=O) groups excluding carboxylic acids is 1. The molecule has 1 aliphatic rings. The van der Waals surface area contributed by atoms with Crippen molar-refractivity contribution in [3.63, 3.8) is 0 Å². The van der Waals surface area contributed by atoms with E-state index in [2.05, 4.69) is 20.5 Å². The summed E-state index contributed by atoms with van der Waals surface area (Å²) < 4.78 is 37.9. The molecule has 1 rings (SSSR count). The van der Waals surface area contributed by atoms with Crippen LogP contribution in [0.25, 0.3) is 0 Å². The zero-order valence-electron chi connectivity index (χ0n) is 17.1. The van der Waals surface area contributed by atoms with Crippen LogP contribution in [0, 0.1) is 11.3 Å². The summed E-state index contributed by atoms with van der Waals surface area (Å²) in [5.41, 5.74) is -0.425. The summed E-state index contributed by atoms with van der Waals surface area (Å²) in [4.78, 5) is 19.6. The average molecular weight is 393 g/mol. The number of hydrogen-bond donors (Lipinski definition) is 2. The normalized spacial score (nSPS) is 18.9. The van der Waals surface area contributed by atoms with E-state index in [1.807, 2.05) is 20.8 Å². The summed E-state index contributed by atoms with van der Waals surface area (Å²) in [6.07, 6.45) is -3.32. The Morgan fingerprint density at radius 3 is 2.37 bits per heavy atom. The van der Waals surface area contributed by atoms with Crippen LogP contribution in [0.3, 0.4) is 0 Å². The Morgan fingerprint density at radius 1 is 1.22 bits per heavy atom. The predicted octanol–water partition coefficient (Wildman–Crippen LogP) is 1.93. The number of hydrogen-bond acceptors (Lipinski definition) is 3. The number of aliphatic imine (C=N–C) groups is 1. The van der Waals surface area contributed by atoms with E-state index in [1.165, 1.54) is 4.90 Å². The van der Waals surface area contributed by atoms with Crippen LogP contribution in [0.15, 0.2) is 4.99 Å². The molecule has 0 aromatic rings. The summed E-state index contributed by atoms with van der Waals surface area (Å²) in [6.45, 7) is 9.77. The molecule has 0 aliphatic carbocycles. The molecule has 1 unspecified atom stereocenters. The minimum absolute atomic E-state index is 0.00940. The number of nitrogens with one attached hydrogen (secondary N) is 2. The maximum Gasteiger partial charge on any atom is 0.401 e. The van der Waals surface area contributed by atoms with Crippen molar-refractivity contribution in [2.75, 3.05) is 52.9 Å². The Labute approximate surface area is 160 Å².